The Kier molecular flexibility index (Phi) is 3.19. The molecule has 0 saturated heterocycles. The Morgan fingerprint density at radius 1 is 1.40 bits per heavy atom. The smallest absolute Gasteiger partial charge is 0.214 e. The third-order valence-corrected chi connectivity index (χ3v) is 3.00. The first kappa shape index (κ1) is 10.4. The van der Waals surface area contributed by atoms with Gasteiger partial charge in [-0.25, -0.2) is 4.98 Å². The van der Waals surface area contributed by atoms with Gasteiger partial charge in [0.25, 0.3) is 0 Å². The lowest BCUT2D eigenvalue weighted by atomic mass is 9.87. The highest BCUT2D eigenvalue weighted by Gasteiger charge is 2.18. The second-order valence-electron chi connectivity index (χ2n) is 4.46. The fourth-order valence-corrected chi connectivity index (χ4v) is 2.26. The van der Waals surface area contributed by atoms with Crippen molar-refractivity contribution in [2.24, 2.45) is 5.92 Å². The Balaban J connectivity index is 1.96. The van der Waals surface area contributed by atoms with Crippen molar-refractivity contribution in [1.29, 1.82) is 0 Å². The predicted octanol–water partition coefficient (Wildman–Crippen LogP) is 3.21. The molecule has 2 nitrogen and oxygen atoms in total. The largest absolute Gasteiger partial charge is 0.367 e. The van der Waals surface area contributed by atoms with Gasteiger partial charge in [0.05, 0.1) is 0 Å². The molecule has 1 aromatic rings. The first-order valence-corrected chi connectivity index (χ1v) is 5.63. The molecule has 1 saturated carbocycles. The zero-order chi connectivity index (χ0) is 10.7. The lowest BCUT2D eigenvalue weighted by Gasteiger charge is -2.27. The van der Waals surface area contributed by atoms with Crippen LogP contribution in [0.1, 0.15) is 32.6 Å². The van der Waals surface area contributed by atoms with Crippen LogP contribution in [0.3, 0.4) is 0 Å². The van der Waals surface area contributed by atoms with Gasteiger partial charge in [-0.3, -0.25) is 0 Å². The first-order valence-electron chi connectivity index (χ1n) is 5.63. The summed E-state index contributed by atoms with van der Waals surface area (Å²) in [5.74, 6) is 1.02. The second kappa shape index (κ2) is 4.60. The molecule has 82 valence electrons. The van der Waals surface area contributed by atoms with Gasteiger partial charge in [-0.2, -0.15) is 4.39 Å². The zero-order valence-electron chi connectivity index (χ0n) is 9.04. The summed E-state index contributed by atoms with van der Waals surface area (Å²) < 4.78 is 12.8. The Morgan fingerprint density at radius 3 is 3.00 bits per heavy atom. The maximum atomic E-state index is 12.8. The summed E-state index contributed by atoms with van der Waals surface area (Å²) in [4.78, 5) is 3.81. The van der Waals surface area contributed by atoms with E-state index in [1.165, 1.54) is 25.3 Å². The van der Waals surface area contributed by atoms with Crippen LogP contribution in [0.2, 0.25) is 0 Å². The predicted molar refractivity (Wildman–Crippen MR) is 59.2 cm³/mol. The summed E-state index contributed by atoms with van der Waals surface area (Å²) in [6.45, 7) is 2.27. The number of hydrogen-bond acceptors (Lipinski definition) is 2. The molecule has 1 aliphatic carbocycles. The van der Waals surface area contributed by atoms with Crippen molar-refractivity contribution >= 4 is 5.82 Å². The minimum atomic E-state index is -0.413. The molecule has 0 aliphatic heterocycles. The van der Waals surface area contributed by atoms with Crippen molar-refractivity contribution in [2.75, 3.05) is 5.32 Å². The molecule has 0 radical (unpaired) electrons. The number of nitrogens with one attached hydrogen (secondary N) is 1. The Morgan fingerprint density at radius 2 is 2.27 bits per heavy atom. The van der Waals surface area contributed by atoms with E-state index >= 15 is 0 Å². The normalized spacial score (nSPS) is 26.3. The lowest BCUT2D eigenvalue weighted by molar-refractivity contribution is 0.358. The molecular weight excluding hydrogens is 191 g/mol. The van der Waals surface area contributed by atoms with Crippen molar-refractivity contribution in [3.8, 4) is 0 Å². The number of rotatable bonds is 2. The molecule has 2 rings (SSSR count). The molecule has 1 N–H and O–H groups in total. The van der Waals surface area contributed by atoms with Gasteiger partial charge in [0, 0.05) is 6.04 Å². The number of anilines is 1. The quantitative estimate of drug-likeness (QED) is 0.755. The minimum Gasteiger partial charge on any atom is -0.367 e. The minimum absolute atomic E-state index is 0.413. The van der Waals surface area contributed by atoms with Crippen LogP contribution >= 0.6 is 0 Å². The fraction of sp³-hybridized carbons (Fsp3) is 0.583. The average molecular weight is 208 g/mol. The maximum absolute atomic E-state index is 12.8. The lowest BCUT2D eigenvalue weighted by Crippen LogP contribution is -2.26. The molecule has 1 fully saturated rings. The van der Waals surface area contributed by atoms with Gasteiger partial charge in [-0.05, 0) is 30.9 Å². The highest BCUT2D eigenvalue weighted by molar-refractivity contribution is 5.34. The highest BCUT2D eigenvalue weighted by Crippen LogP contribution is 2.25. The van der Waals surface area contributed by atoms with Gasteiger partial charge in [0.1, 0.15) is 5.82 Å². The highest BCUT2D eigenvalue weighted by atomic mass is 19.1. The van der Waals surface area contributed by atoms with Crippen molar-refractivity contribution in [1.82, 2.24) is 4.98 Å². The number of hydrogen-bond donors (Lipinski definition) is 1. The number of pyridine rings is 1. The van der Waals surface area contributed by atoms with Crippen molar-refractivity contribution in [3.63, 3.8) is 0 Å². The molecule has 1 aromatic heterocycles. The van der Waals surface area contributed by atoms with Crippen LogP contribution in [-0.4, -0.2) is 11.0 Å². The van der Waals surface area contributed by atoms with E-state index in [9.17, 15) is 4.39 Å². The van der Waals surface area contributed by atoms with Crippen molar-refractivity contribution in [2.45, 2.75) is 38.6 Å². The summed E-state index contributed by atoms with van der Waals surface area (Å²) in [6, 6.07) is 5.34. The molecule has 0 spiro atoms. The van der Waals surface area contributed by atoms with Crippen LogP contribution in [0.15, 0.2) is 18.2 Å². The van der Waals surface area contributed by atoms with Crippen molar-refractivity contribution in [3.05, 3.63) is 24.1 Å². The van der Waals surface area contributed by atoms with E-state index in [2.05, 4.69) is 17.2 Å². The van der Waals surface area contributed by atoms with Crippen LogP contribution in [0, 0.1) is 11.9 Å². The molecule has 0 unspecified atom stereocenters. The van der Waals surface area contributed by atoms with Gasteiger partial charge < -0.3 is 5.32 Å². The van der Waals surface area contributed by atoms with Gasteiger partial charge in [-0.1, -0.05) is 25.8 Å². The zero-order valence-corrected chi connectivity index (χ0v) is 9.04. The van der Waals surface area contributed by atoms with E-state index < -0.39 is 5.95 Å². The molecule has 2 atom stereocenters. The number of halogens is 1. The van der Waals surface area contributed by atoms with Gasteiger partial charge >= 0.3 is 0 Å². The van der Waals surface area contributed by atoms with Crippen LogP contribution in [0.4, 0.5) is 10.2 Å². The molecule has 0 bridgehead atoms. The SMILES string of the molecule is C[C@@H]1CCC[C@H](Nc2cccc(F)n2)C1. The first-order chi connectivity index (χ1) is 7.24. The molecule has 3 heteroatoms. The molecule has 1 aliphatic rings. The topological polar surface area (TPSA) is 24.9 Å². The van der Waals surface area contributed by atoms with Crippen LogP contribution < -0.4 is 5.32 Å². The van der Waals surface area contributed by atoms with E-state index in [0.717, 1.165) is 12.3 Å². The van der Waals surface area contributed by atoms with Gasteiger partial charge in [-0.15, -0.1) is 0 Å². The van der Waals surface area contributed by atoms with E-state index in [1.54, 1.807) is 6.07 Å². The van der Waals surface area contributed by atoms with Crippen LogP contribution in [0.5, 0.6) is 0 Å². The summed E-state index contributed by atoms with van der Waals surface area (Å²) >= 11 is 0. The maximum Gasteiger partial charge on any atom is 0.214 e. The molecule has 0 amide bonds. The summed E-state index contributed by atoms with van der Waals surface area (Å²) in [6.07, 6.45) is 4.91. The van der Waals surface area contributed by atoms with E-state index in [4.69, 9.17) is 0 Å². The number of nitrogens with zero attached hydrogens (tertiary/aromatic N) is 1. The Bertz CT molecular complexity index is 327. The van der Waals surface area contributed by atoms with Crippen LogP contribution in [-0.2, 0) is 0 Å². The average Bonchev–Trinajstić information content (AvgIpc) is 2.17. The Labute approximate surface area is 89.9 Å². The van der Waals surface area contributed by atoms with E-state index in [-0.39, 0.29) is 0 Å². The van der Waals surface area contributed by atoms with Crippen molar-refractivity contribution < 1.29 is 4.39 Å². The molecule has 0 aromatic carbocycles. The molecule has 1 heterocycles. The summed E-state index contributed by atoms with van der Waals surface area (Å²) in [7, 11) is 0. The van der Waals surface area contributed by atoms with Crippen LogP contribution in [0.25, 0.3) is 0 Å². The fourth-order valence-electron chi connectivity index (χ4n) is 2.26. The van der Waals surface area contributed by atoms with E-state index in [1.807, 2.05) is 6.07 Å². The third kappa shape index (κ3) is 2.91. The van der Waals surface area contributed by atoms with Gasteiger partial charge in [0.2, 0.25) is 5.95 Å². The Hall–Kier alpha value is -1.12. The standard InChI is InChI=1S/C12H17FN2/c1-9-4-2-5-10(8-9)14-12-7-3-6-11(13)15-12/h3,6-7,9-10H,2,4-5,8H2,1H3,(H,14,15)/t9-,10+/m1/s1. The monoisotopic (exact) mass is 208 g/mol. The van der Waals surface area contributed by atoms with E-state index in [0.29, 0.717) is 11.9 Å². The third-order valence-electron chi connectivity index (χ3n) is 3.00. The summed E-state index contributed by atoms with van der Waals surface area (Å²) in [5.41, 5.74) is 0. The molecular formula is C12H17FN2. The van der Waals surface area contributed by atoms with Gasteiger partial charge in [0.15, 0.2) is 0 Å². The molecule has 15 heavy (non-hydrogen) atoms. The summed E-state index contributed by atoms with van der Waals surface area (Å²) in [5, 5.41) is 3.30. The number of aromatic nitrogens is 1. The second-order valence-corrected chi connectivity index (χ2v) is 4.46.